The van der Waals surface area contributed by atoms with Crippen LogP contribution in [-0.4, -0.2) is 38.3 Å². The van der Waals surface area contributed by atoms with Gasteiger partial charge in [-0.2, -0.15) is 23.7 Å². The molecule has 8 nitrogen and oxygen atoms in total. The number of aryl methyl sites for hydroxylation is 1. The number of aromatic nitrogens is 5. The molecule has 0 bridgehead atoms. The second kappa shape index (κ2) is 8.42. The van der Waals surface area contributed by atoms with Gasteiger partial charge in [-0.1, -0.05) is 12.1 Å². The first-order chi connectivity index (χ1) is 15.0. The van der Waals surface area contributed by atoms with Crippen LogP contribution in [0.15, 0.2) is 59.7 Å². The number of hydrogen-bond acceptors (Lipinski definition) is 5. The van der Waals surface area contributed by atoms with Gasteiger partial charge in [0.15, 0.2) is 0 Å². The number of ether oxygens (including phenoxy) is 2. The Morgan fingerprint density at radius 1 is 1.19 bits per heavy atom. The van der Waals surface area contributed by atoms with Crippen molar-refractivity contribution in [3.05, 3.63) is 76.7 Å². The molecule has 0 radical (unpaired) electrons. The standard InChI is InChI=1S/C21H19F2N5O3/c1-13-26-28(16-6-7-18(19(9-16)30-2)15-10-24-25-11-15)21(29)27(13)12-14-4-3-5-17(8-14)31-20(22)23/h3-11,20H,12H2,1-2H3,(H,24,25). The Hall–Kier alpha value is -3.95. The average Bonchev–Trinajstić information content (AvgIpc) is 3.37. The van der Waals surface area contributed by atoms with Crippen molar-refractivity contribution in [1.82, 2.24) is 24.5 Å². The van der Waals surface area contributed by atoms with Crippen molar-refractivity contribution < 1.29 is 18.3 Å². The number of aromatic amines is 1. The topological polar surface area (TPSA) is 87.0 Å². The molecule has 0 spiro atoms. The van der Waals surface area contributed by atoms with Gasteiger partial charge in [0.05, 0.1) is 25.5 Å². The van der Waals surface area contributed by atoms with E-state index in [0.29, 0.717) is 22.8 Å². The van der Waals surface area contributed by atoms with Gasteiger partial charge in [0, 0.05) is 23.4 Å². The van der Waals surface area contributed by atoms with Crippen molar-refractivity contribution in [2.24, 2.45) is 0 Å². The van der Waals surface area contributed by atoms with Crippen LogP contribution < -0.4 is 15.2 Å². The van der Waals surface area contributed by atoms with Gasteiger partial charge in [-0.25, -0.2) is 4.79 Å². The van der Waals surface area contributed by atoms with Crippen LogP contribution in [-0.2, 0) is 6.54 Å². The normalized spacial score (nSPS) is 11.1. The molecule has 160 valence electrons. The number of nitrogens with one attached hydrogen (secondary N) is 1. The molecular weight excluding hydrogens is 408 g/mol. The Bertz CT molecular complexity index is 1250. The average molecular weight is 427 g/mol. The van der Waals surface area contributed by atoms with Crippen LogP contribution in [0, 0.1) is 6.92 Å². The molecule has 0 atom stereocenters. The second-order valence-electron chi connectivity index (χ2n) is 6.73. The smallest absolute Gasteiger partial charge is 0.387 e. The van der Waals surface area contributed by atoms with Crippen molar-refractivity contribution in [2.75, 3.05) is 7.11 Å². The van der Waals surface area contributed by atoms with Crippen molar-refractivity contribution >= 4 is 0 Å². The number of alkyl halides is 2. The summed E-state index contributed by atoms with van der Waals surface area (Å²) in [5, 5.41) is 11.1. The van der Waals surface area contributed by atoms with Crippen molar-refractivity contribution in [3.63, 3.8) is 0 Å². The quantitative estimate of drug-likeness (QED) is 0.489. The molecule has 10 heteroatoms. The van der Waals surface area contributed by atoms with E-state index in [4.69, 9.17) is 4.74 Å². The highest BCUT2D eigenvalue weighted by molar-refractivity contribution is 5.71. The van der Waals surface area contributed by atoms with Gasteiger partial charge in [-0.05, 0) is 36.8 Å². The summed E-state index contributed by atoms with van der Waals surface area (Å²) in [5.74, 6) is 1.07. The fourth-order valence-electron chi connectivity index (χ4n) is 3.30. The Kier molecular flexibility index (Phi) is 5.52. The molecule has 0 amide bonds. The molecule has 0 unspecified atom stereocenters. The highest BCUT2D eigenvalue weighted by Crippen LogP contribution is 2.31. The zero-order valence-corrected chi connectivity index (χ0v) is 16.8. The van der Waals surface area contributed by atoms with E-state index < -0.39 is 6.61 Å². The molecule has 0 aliphatic rings. The number of halogens is 2. The van der Waals surface area contributed by atoms with E-state index >= 15 is 0 Å². The number of rotatable bonds is 7. The van der Waals surface area contributed by atoms with Crippen LogP contribution in [0.1, 0.15) is 11.4 Å². The fourth-order valence-corrected chi connectivity index (χ4v) is 3.30. The lowest BCUT2D eigenvalue weighted by Crippen LogP contribution is -2.24. The molecule has 2 aromatic heterocycles. The van der Waals surface area contributed by atoms with E-state index in [-0.39, 0.29) is 18.0 Å². The predicted molar refractivity (Wildman–Crippen MR) is 109 cm³/mol. The molecule has 2 aromatic carbocycles. The van der Waals surface area contributed by atoms with Crippen LogP contribution in [0.25, 0.3) is 16.8 Å². The van der Waals surface area contributed by atoms with Crippen molar-refractivity contribution in [1.29, 1.82) is 0 Å². The van der Waals surface area contributed by atoms with Crippen LogP contribution in [0.2, 0.25) is 0 Å². The first kappa shape index (κ1) is 20.3. The van der Waals surface area contributed by atoms with Crippen LogP contribution >= 0.6 is 0 Å². The second-order valence-corrected chi connectivity index (χ2v) is 6.73. The maximum Gasteiger partial charge on any atom is 0.387 e. The molecule has 0 fully saturated rings. The minimum absolute atomic E-state index is 0.0326. The highest BCUT2D eigenvalue weighted by Gasteiger charge is 2.15. The summed E-state index contributed by atoms with van der Waals surface area (Å²) in [6, 6.07) is 11.5. The van der Waals surface area contributed by atoms with Gasteiger partial charge in [0.2, 0.25) is 0 Å². The third-order valence-electron chi connectivity index (χ3n) is 4.75. The third kappa shape index (κ3) is 4.18. The lowest BCUT2D eigenvalue weighted by molar-refractivity contribution is -0.0498. The van der Waals surface area contributed by atoms with Crippen molar-refractivity contribution in [3.8, 4) is 28.3 Å². The fraction of sp³-hybridized carbons (Fsp3) is 0.190. The lowest BCUT2D eigenvalue weighted by atomic mass is 10.1. The molecule has 0 aliphatic heterocycles. The first-order valence-electron chi connectivity index (χ1n) is 9.34. The van der Waals surface area contributed by atoms with Crippen LogP contribution in [0.4, 0.5) is 8.78 Å². The monoisotopic (exact) mass is 427 g/mol. The zero-order valence-electron chi connectivity index (χ0n) is 16.8. The van der Waals surface area contributed by atoms with Crippen LogP contribution in [0.5, 0.6) is 11.5 Å². The maximum absolute atomic E-state index is 13.0. The summed E-state index contributed by atoms with van der Waals surface area (Å²) in [6.45, 7) is -1.05. The van der Waals surface area contributed by atoms with Gasteiger partial charge in [-0.3, -0.25) is 9.67 Å². The van der Waals surface area contributed by atoms with Gasteiger partial charge in [-0.15, -0.1) is 0 Å². The Balaban J connectivity index is 1.67. The summed E-state index contributed by atoms with van der Waals surface area (Å²) in [4.78, 5) is 13.0. The van der Waals surface area contributed by atoms with Crippen LogP contribution in [0.3, 0.4) is 0 Å². The molecular formula is C21H19F2N5O3. The van der Waals surface area contributed by atoms with Gasteiger partial charge < -0.3 is 9.47 Å². The van der Waals surface area contributed by atoms with Gasteiger partial charge >= 0.3 is 12.3 Å². The van der Waals surface area contributed by atoms with E-state index in [1.54, 1.807) is 50.7 Å². The summed E-state index contributed by atoms with van der Waals surface area (Å²) in [6.07, 6.45) is 3.42. The summed E-state index contributed by atoms with van der Waals surface area (Å²) >= 11 is 0. The predicted octanol–water partition coefficient (Wildman–Crippen LogP) is 3.39. The number of hydrogen-bond donors (Lipinski definition) is 1. The summed E-state index contributed by atoms with van der Waals surface area (Å²) in [7, 11) is 1.55. The maximum atomic E-state index is 13.0. The number of methoxy groups -OCH3 is 1. The summed E-state index contributed by atoms with van der Waals surface area (Å²) < 4.78 is 37.6. The SMILES string of the molecule is COc1cc(-n2nc(C)n(Cc3cccc(OC(F)F)c3)c2=O)ccc1-c1cn[nH]c1. The van der Waals surface area contributed by atoms with E-state index in [1.807, 2.05) is 6.07 Å². The molecule has 0 saturated carbocycles. The minimum atomic E-state index is -2.91. The number of benzene rings is 2. The van der Waals surface area contributed by atoms with E-state index in [9.17, 15) is 13.6 Å². The molecule has 4 rings (SSSR count). The molecule has 1 N–H and O–H groups in total. The first-order valence-corrected chi connectivity index (χ1v) is 9.34. The third-order valence-corrected chi connectivity index (χ3v) is 4.75. The Morgan fingerprint density at radius 2 is 2.03 bits per heavy atom. The number of H-pyrrole nitrogens is 1. The minimum Gasteiger partial charge on any atom is -0.496 e. The number of nitrogens with zero attached hydrogens (tertiary/aromatic N) is 4. The van der Waals surface area contributed by atoms with E-state index in [1.165, 1.54) is 21.4 Å². The molecule has 2 heterocycles. The van der Waals surface area contributed by atoms with E-state index in [0.717, 1.165) is 11.1 Å². The molecule has 0 aliphatic carbocycles. The largest absolute Gasteiger partial charge is 0.496 e. The van der Waals surface area contributed by atoms with Crippen molar-refractivity contribution in [2.45, 2.75) is 20.1 Å². The van der Waals surface area contributed by atoms with Gasteiger partial charge in [0.1, 0.15) is 17.3 Å². The molecule has 31 heavy (non-hydrogen) atoms. The Labute approximate surface area is 175 Å². The molecule has 0 saturated heterocycles. The summed E-state index contributed by atoms with van der Waals surface area (Å²) in [5.41, 5.74) is 2.47. The Morgan fingerprint density at radius 3 is 2.74 bits per heavy atom. The highest BCUT2D eigenvalue weighted by atomic mass is 19.3. The van der Waals surface area contributed by atoms with Gasteiger partial charge in [0.25, 0.3) is 0 Å². The lowest BCUT2D eigenvalue weighted by Gasteiger charge is -2.09. The van der Waals surface area contributed by atoms with E-state index in [2.05, 4.69) is 20.0 Å². The molecule has 4 aromatic rings. The zero-order chi connectivity index (χ0) is 22.0.